The molecule has 0 aliphatic heterocycles. The van der Waals surface area contributed by atoms with Crippen LogP contribution in [-0.4, -0.2) is 10.5 Å². The number of alkyl halides is 1. The molecular formula is C15H28BrP. The quantitative estimate of drug-likeness (QED) is 0.471. The van der Waals surface area contributed by atoms with Crippen molar-refractivity contribution in [2.45, 2.75) is 75.8 Å². The summed E-state index contributed by atoms with van der Waals surface area (Å²) < 4.78 is 0. The van der Waals surface area contributed by atoms with Crippen LogP contribution in [0.25, 0.3) is 0 Å². The van der Waals surface area contributed by atoms with Gasteiger partial charge in [-0.15, -0.1) is 9.24 Å². The first-order chi connectivity index (χ1) is 8.27. The molecular weight excluding hydrogens is 291 g/mol. The van der Waals surface area contributed by atoms with Crippen molar-refractivity contribution in [3.05, 3.63) is 0 Å². The van der Waals surface area contributed by atoms with Crippen molar-refractivity contribution in [1.82, 2.24) is 0 Å². The minimum atomic E-state index is 0.560. The molecule has 0 nitrogen and oxygen atoms in total. The largest absolute Gasteiger partial charge is 0.130 e. The van der Waals surface area contributed by atoms with Crippen LogP contribution in [0.15, 0.2) is 0 Å². The maximum atomic E-state index is 3.71. The van der Waals surface area contributed by atoms with Crippen LogP contribution in [0.2, 0.25) is 0 Å². The van der Waals surface area contributed by atoms with E-state index in [2.05, 4.69) is 25.2 Å². The molecule has 17 heavy (non-hydrogen) atoms. The topological polar surface area (TPSA) is 0 Å². The van der Waals surface area contributed by atoms with Gasteiger partial charge in [-0.2, -0.15) is 0 Å². The Bertz CT molecular complexity index is 199. The third-order valence-corrected chi connectivity index (χ3v) is 6.89. The molecule has 0 aromatic rings. The van der Waals surface area contributed by atoms with Crippen LogP contribution in [0.1, 0.15) is 70.6 Å². The molecule has 0 N–H and O–H groups in total. The van der Waals surface area contributed by atoms with Crippen LogP contribution in [0.3, 0.4) is 0 Å². The summed E-state index contributed by atoms with van der Waals surface area (Å²) in [6, 6.07) is 0. The van der Waals surface area contributed by atoms with E-state index in [1.165, 1.54) is 76.0 Å². The summed E-state index contributed by atoms with van der Waals surface area (Å²) in [4.78, 5) is 0. The lowest BCUT2D eigenvalue weighted by atomic mass is 9.68. The maximum Gasteiger partial charge on any atom is 0.00400 e. The van der Waals surface area contributed by atoms with E-state index in [9.17, 15) is 0 Å². The molecule has 2 aliphatic rings. The molecule has 1 atom stereocenters. The Morgan fingerprint density at radius 3 is 1.59 bits per heavy atom. The molecule has 0 saturated heterocycles. The number of hydrogen-bond donors (Lipinski definition) is 0. The summed E-state index contributed by atoms with van der Waals surface area (Å²) in [6.45, 7) is 0. The van der Waals surface area contributed by atoms with Crippen LogP contribution >= 0.6 is 25.2 Å². The van der Waals surface area contributed by atoms with Crippen LogP contribution < -0.4 is 0 Å². The molecule has 0 radical (unpaired) electrons. The molecule has 2 heteroatoms. The predicted molar refractivity (Wildman–Crippen MR) is 84.0 cm³/mol. The Hall–Kier alpha value is 0.910. The Morgan fingerprint density at radius 1 is 0.824 bits per heavy atom. The van der Waals surface area contributed by atoms with Gasteiger partial charge in [0, 0.05) is 5.33 Å². The zero-order chi connectivity index (χ0) is 12.1. The van der Waals surface area contributed by atoms with E-state index in [1.54, 1.807) is 0 Å². The third-order valence-electron chi connectivity index (χ3n) is 5.26. The van der Waals surface area contributed by atoms with Crippen LogP contribution in [0.5, 0.6) is 0 Å². The van der Waals surface area contributed by atoms with Gasteiger partial charge in [-0.05, 0) is 49.1 Å². The lowest BCUT2D eigenvalue weighted by Crippen LogP contribution is -2.41. The van der Waals surface area contributed by atoms with Crippen LogP contribution in [-0.2, 0) is 0 Å². The van der Waals surface area contributed by atoms with E-state index in [0.717, 1.165) is 11.8 Å². The fraction of sp³-hybridized carbons (Fsp3) is 1.00. The van der Waals surface area contributed by atoms with Crippen LogP contribution in [0.4, 0.5) is 0 Å². The van der Waals surface area contributed by atoms with Gasteiger partial charge < -0.3 is 0 Å². The Balaban J connectivity index is 2.05. The van der Waals surface area contributed by atoms with Gasteiger partial charge >= 0.3 is 0 Å². The van der Waals surface area contributed by atoms with Gasteiger partial charge in [0.15, 0.2) is 0 Å². The number of hydrogen-bond acceptors (Lipinski definition) is 0. The number of rotatable bonds is 4. The third kappa shape index (κ3) is 3.47. The molecule has 0 aromatic carbocycles. The molecule has 0 aromatic heterocycles. The number of halogens is 1. The molecule has 0 spiro atoms. The average Bonchev–Trinajstić information content (AvgIpc) is 2.41. The molecule has 2 saturated carbocycles. The highest BCUT2D eigenvalue weighted by Crippen LogP contribution is 2.50. The van der Waals surface area contributed by atoms with E-state index in [1.807, 2.05) is 0 Å². The highest BCUT2D eigenvalue weighted by molar-refractivity contribution is 9.09. The van der Waals surface area contributed by atoms with Gasteiger partial charge in [-0.1, -0.05) is 54.5 Å². The highest BCUT2D eigenvalue weighted by Gasteiger charge is 2.41. The smallest absolute Gasteiger partial charge is 0.00400 e. The lowest BCUT2D eigenvalue weighted by Gasteiger charge is -2.47. The maximum absolute atomic E-state index is 3.71. The summed E-state index contributed by atoms with van der Waals surface area (Å²) in [5, 5.41) is 1.74. The second-order valence-corrected chi connectivity index (χ2v) is 8.09. The Morgan fingerprint density at radius 2 is 1.24 bits per heavy atom. The first-order valence-corrected chi connectivity index (χ1v) is 9.32. The van der Waals surface area contributed by atoms with Crippen molar-refractivity contribution in [2.24, 2.45) is 11.8 Å². The van der Waals surface area contributed by atoms with E-state index >= 15 is 0 Å². The summed E-state index contributed by atoms with van der Waals surface area (Å²) in [5.41, 5.74) is 0. The summed E-state index contributed by atoms with van der Waals surface area (Å²) in [5.74, 6) is 1.98. The summed E-state index contributed by atoms with van der Waals surface area (Å²) >= 11 is 3.71. The Kier molecular flexibility index (Phi) is 5.81. The molecule has 2 aliphatic carbocycles. The second kappa shape index (κ2) is 6.90. The van der Waals surface area contributed by atoms with E-state index < -0.39 is 0 Å². The molecule has 0 heterocycles. The minimum absolute atomic E-state index is 0.560. The van der Waals surface area contributed by atoms with Gasteiger partial charge in [-0.3, -0.25) is 0 Å². The van der Waals surface area contributed by atoms with Crippen LogP contribution in [0, 0.1) is 11.8 Å². The van der Waals surface area contributed by atoms with Gasteiger partial charge in [0.2, 0.25) is 0 Å². The zero-order valence-electron chi connectivity index (χ0n) is 11.1. The first-order valence-electron chi connectivity index (χ1n) is 7.62. The highest BCUT2D eigenvalue weighted by atomic mass is 79.9. The minimum Gasteiger partial charge on any atom is -0.130 e. The van der Waals surface area contributed by atoms with Gasteiger partial charge in [0.1, 0.15) is 0 Å². The molecule has 1 unspecified atom stereocenters. The fourth-order valence-electron chi connectivity index (χ4n) is 4.19. The Labute approximate surface area is 118 Å². The van der Waals surface area contributed by atoms with Crippen molar-refractivity contribution in [1.29, 1.82) is 0 Å². The molecule has 100 valence electrons. The average molecular weight is 319 g/mol. The van der Waals surface area contributed by atoms with Gasteiger partial charge in [0.25, 0.3) is 0 Å². The molecule has 2 rings (SSSR count). The van der Waals surface area contributed by atoms with Crippen molar-refractivity contribution >= 4 is 25.2 Å². The van der Waals surface area contributed by atoms with E-state index in [4.69, 9.17) is 0 Å². The van der Waals surface area contributed by atoms with E-state index in [-0.39, 0.29) is 0 Å². The van der Waals surface area contributed by atoms with Gasteiger partial charge in [0.05, 0.1) is 0 Å². The first kappa shape index (κ1) is 14.3. The lowest BCUT2D eigenvalue weighted by molar-refractivity contribution is 0.171. The monoisotopic (exact) mass is 318 g/mol. The standard InChI is InChI=1S/C15H28BrP/c16-12-11-15(17,13-7-3-1-4-8-13)14-9-5-2-6-10-14/h13-14H,1-12,17H2. The van der Waals surface area contributed by atoms with Crippen molar-refractivity contribution < 1.29 is 0 Å². The summed E-state index contributed by atoms with van der Waals surface area (Å²) in [7, 11) is 3.34. The van der Waals surface area contributed by atoms with Crippen molar-refractivity contribution in [3.8, 4) is 0 Å². The van der Waals surface area contributed by atoms with Crippen molar-refractivity contribution in [2.75, 3.05) is 5.33 Å². The molecule has 2 fully saturated rings. The predicted octanol–water partition coefficient (Wildman–Crippen LogP) is 5.55. The summed E-state index contributed by atoms with van der Waals surface area (Å²) in [6.07, 6.45) is 16.2. The van der Waals surface area contributed by atoms with E-state index in [0.29, 0.717) is 5.16 Å². The normalized spacial score (nSPS) is 25.1. The van der Waals surface area contributed by atoms with Crippen molar-refractivity contribution in [3.63, 3.8) is 0 Å². The molecule has 0 bridgehead atoms. The van der Waals surface area contributed by atoms with Gasteiger partial charge in [-0.25, -0.2) is 0 Å². The second-order valence-electron chi connectivity index (χ2n) is 6.22. The molecule has 0 amide bonds. The fourth-order valence-corrected chi connectivity index (χ4v) is 6.11. The SMILES string of the molecule is PC(CCBr)(C1CCCCC1)C1CCCCC1. The zero-order valence-corrected chi connectivity index (χ0v) is 13.8.